The van der Waals surface area contributed by atoms with Gasteiger partial charge in [0.2, 0.25) is 11.8 Å². The molecule has 1 aromatic rings. The van der Waals surface area contributed by atoms with Gasteiger partial charge in [0.25, 0.3) is 0 Å². The average molecular weight is 275 g/mol. The monoisotopic (exact) mass is 275 g/mol. The van der Waals surface area contributed by atoms with E-state index in [2.05, 4.69) is 16.0 Å². The molecule has 0 radical (unpaired) electrons. The van der Waals surface area contributed by atoms with Crippen LogP contribution in [0.4, 0.5) is 11.4 Å². The molecule has 5 nitrogen and oxygen atoms in total. The first-order chi connectivity index (χ1) is 9.56. The fourth-order valence-electron chi connectivity index (χ4n) is 2.36. The molecule has 1 fully saturated rings. The smallest absolute Gasteiger partial charge is 0.242 e. The van der Waals surface area contributed by atoms with Gasteiger partial charge in [0.15, 0.2) is 0 Å². The molecular weight excluding hydrogens is 254 g/mol. The molecule has 1 aliphatic rings. The molecule has 2 rings (SSSR count). The maximum Gasteiger partial charge on any atom is 0.242 e. The van der Waals surface area contributed by atoms with Gasteiger partial charge in [-0.25, -0.2) is 0 Å². The lowest BCUT2D eigenvalue weighted by Gasteiger charge is -2.17. The van der Waals surface area contributed by atoms with Crippen LogP contribution in [0.5, 0.6) is 0 Å². The van der Waals surface area contributed by atoms with Crippen LogP contribution in [-0.2, 0) is 9.59 Å². The van der Waals surface area contributed by atoms with Crippen molar-refractivity contribution in [3.05, 3.63) is 23.8 Å². The summed E-state index contributed by atoms with van der Waals surface area (Å²) < 4.78 is 0. The molecule has 1 saturated heterocycles. The summed E-state index contributed by atoms with van der Waals surface area (Å²) in [5, 5.41) is 8.95. The zero-order chi connectivity index (χ0) is 14.5. The predicted octanol–water partition coefficient (Wildman–Crippen LogP) is 2.03. The van der Waals surface area contributed by atoms with E-state index in [1.165, 1.54) is 6.92 Å². The highest BCUT2D eigenvalue weighted by Gasteiger charge is 2.20. The summed E-state index contributed by atoms with van der Waals surface area (Å²) in [4.78, 5) is 23.0. The third kappa shape index (κ3) is 3.73. The Morgan fingerprint density at radius 1 is 1.35 bits per heavy atom. The number of benzene rings is 1. The van der Waals surface area contributed by atoms with Crippen LogP contribution in [-0.4, -0.2) is 24.4 Å². The standard InChI is InChI=1S/C15H21N3O2/c1-10-9-12(6-7-13(10)17-11(2)19)18-14-5-3-4-8-16-15(14)20/h6-7,9,14,18H,3-5,8H2,1-2H3,(H,16,20)(H,17,19)/t14-/m0/s1. The summed E-state index contributed by atoms with van der Waals surface area (Å²) in [5.41, 5.74) is 2.67. The van der Waals surface area contributed by atoms with E-state index < -0.39 is 0 Å². The highest BCUT2D eigenvalue weighted by molar-refractivity contribution is 5.90. The van der Waals surface area contributed by atoms with Crippen LogP contribution in [0, 0.1) is 6.92 Å². The number of hydrogen-bond acceptors (Lipinski definition) is 3. The zero-order valence-electron chi connectivity index (χ0n) is 12.0. The van der Waals surface area contributed by atoms with Gasteiger partial charge in [0.1, 0.15) is 6.04 Å². The van der Waals surface area contributed by atoms with Crippen molar-refractivity contribution in [2.75, 3.05) is 17.2 Å². The van der Waals surface area contributed by atoms with Gasteiger partial charge in [-0.3, -0.25) is 9.59 Å². The summed E-state index contributed by atoms with van der Waals surface area (Å²) in [6, 6.07) is 5.51. The number of hydrogen-bond donors (Lipinski definition) is 3. The van der Waals surface area contributed by atoms with Crippen LogP contribution in [0.25, 0.3) is 0 Å². The Morgan fingerprint density at radius 3 is 2.85 bits per heavy atom. The largest absolute Gasteiger partial charge is 0.374 e. The highest BCUT2D eigenvalue weighted by Crippen LogP contribution is 2.21. The quantitative estimate of drug-likeness (QED) is 0.790. The highest BCUT2D eigenvalue weighted by atomic mass is 16.2. The van der Waals surface area contributed by atoms with Crippen molar-refractivity contribution < 1.29 is 9.59 Å². The molecule has 2 amide bonds. The second kappa shape index (κ2) is 6.41. The molecule has 1 aliphatic heterocycles. The van der Waals surface area contributed by atoms with Crippen molar-refractivity contribution in [2.45, 2.75) is 39.2 Å². The second-order valence-corrected chi connectivity index (χ2v) is 5.19. The maximum atomic E-state index is 11.9. The predicted molar refractivity (Wildman–Crippen MR) is 79.8 cm³/mol. The number of carbonyl (C=O) groups excluding carboxylic acids is 2. The Morgan fingerprint density at radius 2 is 2.15 bits per heavy atom. The van der Waals surface area contributed by atoms with Gasteiger partial charge < -0.3 is 16.0 Å². The summed E-state index contributed by atoms with van der Waals surface area (Å²) in [5.74, 6) is -0.0250. The first-order valence-corrected chi connectivity index (χ1v) is 6.99. The summed E-state index contributed by atoms with van der Waals surface area (Å²) in [6.45, 7) is 4.18. The molecule has 0 aromatic heterocycles. The zero-order valence-corrected chi connectivity index (χ0v) is 12.0. The topological polar surface area (TPSA) is 70.2 Å². The molecule has 0 bridgehead atoms. The number of anilines is 2. The molecule has 20 heavy (non-hydrogen) atoms. The number of aryl methyl sites for hydroxylation is 1. The van der Waals surface area contributed by atoms with Crippen molar-refractivity contribution >= 4 is 23.2 Å². The van der Waals surface area contributed by atoms with Gasteiger partial charge >= 0.3 is 0 Å². The van der Waals surface area contributed by atoms with Gasteiger partial charge in [-0.1, -0.05) is 0 Å². The number of amides is 2. The number of nitrogens with one attached hydrogen (secondary N) is 3. The Balaban J connectivity index is 2.07. The van der Waals surface area contributed by atoms with E-state index in [0.717, 1.165) is 42.7 Å². The SMILES string of the molecule is CC(=O)Nc1ccc(N[C@H]2CCCCNC2=O)cc1C. The first-order valence-electron chi connectivity index (χ1n) is 6.99. The molecule has 1 atom stereocenters. The summed E-state index contributed by atoms with van der Waals surface area (Å²) >= 11 is 0. The summed E-state index contributed by atoms with van der Waals surface area (Å²) in [7, 11) is 0. The third-order valence-electron chi connectivity index (χ3n) is 3.41. The molecule has 3 N–H and O–H groups in total. The molecule has 108 valence electrons. The minimum atomic E-state index is -0.177. The molecular formula is C15H21N3O2. The molecule has 0 saturated carbocycles. The van der Waals surface area contributed by atoms with Crippen molar-refractivity contribution in [3.8, 4) is 0 Å². The number of rotatable bonds is 3. The van der Waals surface area contributed by atoms with E-state index in [0.29, 0.717) is 0 Å². The Bertz CT molecular complexity index is 514. The summed E-state index contributed by atoms with van der Waals surface area (Å²) in [6.07, 6.45) is 2.92. The Kier molecular flexibility index (Phi) is 4.61. The molecule has 0 aliphatic carbocycles. The van der Waals surface area contributed by atoms with E-state index in [1.807, 2.05) is 25.1 Å². The Labute approximate surface area is 119 Å². The lowest BCUT2D eigenvalue weighted by molar-refractivity contribution is -0.121. The van der Waals surface area contributed by atoms with Crippen LogP contribution in [0.1, 0.15) is 31.7 Å². The van der Waals surface area contributed by atoms with Crippen molar-refractivity contribution in [1.29, 1.82) is 0 Å². The molecule has 1 heterocycles. The normalized spacial score (nSPS) is 18.9. The molecule has 5 heteroatoms. The van der Waals surface area contributed by atoms with Crippen molar-refractivity contribution in [3.63, 3.8) is 0 Å². The van der Waals surface area contributed by atoms with Crippen molar-refractivity contribution in [2.24, 2.45) is 0 Å². The Hall–Kier alpha value is -2.04. The van der Waals surface area contributed by atoms with Crippen molar-refractivity contribution in [1.82, 2.24) is 5.32 Å². The minimum Gasteiger partial charge on any atom is -0.374 e. The third-order valence-corrected chi connectivity index (χ3v) is 3.41. The molecule has 0 spiro atoms. The minimum absolute atomic E-state index is 0.0612. The fraction of sp³-hybridized carbons (Fsp3) is 0.467. The van der Waals surface area contributed by atoms with E-state index in [1.54, 1.807) is 0 Å². The van der Waals surface area contributed by atoms with E-state index >= 15 is 0 Å². The molecule has 0 unspecified atom stereocenters. The second-order valence-electron chi connectivity index (χ2n) is 5.19. The van der Waals surface area contributed by atoms with Gasteiger partial charge in [0.05, 0.1) is 0 Å². The molecule has 1 aromatic carbocycles. The van der Waals surface area contributed by atoms with E-state index in [9.17, 15) is 9.59 Å². The van der Waals surface area contributed by atoms with Crippen LogP contribution < -0.4 is 16.0 Å². The van der Waals surface area contributed by atoms with Crippen LogP contribution in [0.15, 0.2) is 18.2 Å². The van der Waals surface area contributed by atoms with Gasteiger partial charge in [-0.15, -0.1) is 0 Å². The maximum absolute atomic E-state index is 11.9. The number of carbonyl (C=O) groups is 2. The van der Waals surface area contributed by atoms with Crippen LogP contribution in [0.2, 0.25) is 0 Å². The van der Waals surface area contributed by atoms with Crippen LogP contribution >= 0.6 is 0 Å². The van der Waals surface area contributed by atoms with Gasteiger partial charge in [0, 0.05) is 24.8 Å². The van der Waals surface area contributed by atoms with Crippen LogP contribution in [0.3, 0.4) is 0 Å². The van der Waals surface area contributed by atoms with Gasteiger partial charge in [-0.05, 0) is 49.9 Å². The first kappa shape index (κ1) is 14.4. The fourth-order valence-corrected chi connectivity index (χ4v) is 2.36. The lowest BCUT2D eigenvalue weighted by Crippen LogP contribution is -2.37. The lowest BCUT2D eigenvalue weighted by atomic mass is 10.1. The van der Waals surface area contributed by atoms with Gasteiger partial charge in [-0.2, -0.15) is 0 Å². The average Bonchev–Trinajstić information content (AvgIpc) is 2.58. The van der Waals surface area contributed by atoms with E-state index in [-0.39, 0.29) is 17.9 Å². The van der Waals surface area contributed by atoms with E-state index in [4.69, 9.17) is 0 Å².